The number of hydrogen-bond acceptors (Lipinski definition) is 3. The fraction of sp³-hybridized carbons (Fsp3) is 0.360. The van der Waals surface area contributed by atoms with Crippen LogP contribution >= 0.6 is 24.0 Å². The molecule has 0 saturated heterocycles. The Morgan fingerprint density at radius 2 is 1.97 bits per heavy atom. The van der Waals surface area contributed by atoms with Crippen molar-refractivity contribution in [2.24, 2.45) is 0 Å². The van der Waals surface area contributed by atoms with Crippen molar-refractivity contribution in [1.29, 1.82) is 0 Å². The zero-order chi connectivity index (χ0) is 24.0. The van der Waals surface area contributed by atoms with E-state index in [1.54, 1.807) is 6.07 Å². The highest BCUT2D eigenvalue weighted by atomic mass is 35.5. The van der Waals surface area contributed by atoms with Gasteiger partial charge in [-0.2, -0.15) is 12.7 Å². The number of para-hydroxylation sites is 1. The largest absolute Gasteiger partial charge is 0.360 e. The predicted molar refractivity (Wildman–Crippen MR) is 143 cm³/mol. The molecule has 5 rings (SSSR count). The van der Waals surface area contributed by atoms with Crippen LogP contribution < -0.4 is 4.31 Å². The topological polar surface area (TPSA) is 59.6 Å². The highest BCUT2D eigenvalue weighted by Crippen LogP contribution is 2.38. The molecule has 2 aliphatic rings. The molecule has 2 aromatic carbocycles. The molecule has 0 fully saturated rings. The van der Waals surface area contributed by atoms with Gasteiger partial charge in [-0.15, -0.1) is 12.4 Å². The minimum Gasteiger partial charge on any atom is -0.360 e. The Balaban J connectivity index is 0.00000289. The second-order valence-corrected chi connectivity index (χ2v) is 11.4. The lowest BCUT2D eigenvalue weighted by Crippen LogP contribution is -2.52. The van der Waals surface area contributed by atoms with Crippen LogP contribution in [0.3, 0.4) is 0 Å². The van der Waals surface area contributed by atoms with Crippen LogP contribution in [0.15, 0.2) is 48.7 Å². The Hall–Kier alpha value is -2.10. The van der Waals surface area contributed by atoms with Gasteiger partial charge in [-0.1, -0.05) is 29.8 Å². The summed E-state index contributed by atoms with van der Waals surface area (Å²) in [6, 6.07) is 10.2. The monoisotopic (exact) mass is 538 g/mol. The SMILES string of the molecule is CC(C)N1Cc2cccc(Cl)c2N(CCN2CC=C(c3c[nH]c4cc(F)ccc34)CC2)S1(=O)=O.Cl. The third-order valence-electron chi connectivity index (χ3n) is 6.70. The Bertz CT molecular complexity index is 1370. The Labute approximate surface area is 216 Å². The molecule has 1 N–H and O–H groups in total. The fourth-order valence-electron chi connectivity index (χ4n) is 4.89. The number of nitrogens with one attached hydrogen (secondary N) is 1. The highest BCUT2D eigenvalue weighted by Gasteiger charge is 2.39. The summed E-state index contributed by atoms with van der Waals surface area (Å²) < 4.78 is 43.4. The maximum Gasteiger partial charge on any atom is 0.304 e. The molecule has 35 heavy (non-hydrogen) atoms. The quantitative estimate of drug-likeness (QED) is 0.470. The van der Waals surface area contributed by atoms with E-state index in [2.05, 4.69) is 16.0 Å². The van der Waals surface area contributed by atoms with E-state index < -0.39 is 10.2 Å². The lowest BCUT2D eigenvalue weighted by atomic mass is 9.99. The van der Waals surface area contributed by atoms with Crippen LogP contribution in [0.4, 0.5) is 10.1 Å². The first-order valence-electron chi connectivity index (χ1n) is 11.5. The van der Waals surface area contributed by atoms with E-state index in [-0.39, 0.29) is 24.3 Å². The third kappa shape index (κ3) is 4.82. The Kier molecular flexibility index (Phi) is 7.50. The average Bonchev–Trinajstić information content (AvgIpc) is 3.21. The molecule has 0 aliphatic carbocycles. The summed E-state index contributed by atoms with van der Waals surface area (Å²) >= 11 is 6.47. The minimum atomic E-state index is -3.67. The molecule has 0 unspecified atom stereocenters. The average molecular weight is 540 g/mol. The summed E-state index contributed by atoms with van der Waals surface area (Å²) in [5.41, 5.74) is 4.63. The second kappa shape index (κ2) is 10.1. The number of rotatable bonds is 5. The van der Waals surface area contributed by atoms with E-state index in [1.165, 1.54) is 26.3 Å². The van der Waals surface area contributed by atoms with E-state index in [9.17, 15) is 12.8 Å². The molecule has 0 spiro atoms. The number of hydrogen-bond donors (Lipinski definition) is 1. The Morgan fingerprint density at radius 3 is 2.69 bits per heavy atom. The zero-order valence-corrected chi connectivity index (χ0v) is 22.1. The molecule has 6 nitrogen and oxygen atoms in total. The van der Waals surface area contributed by atoms with Gasteiger partial charge in [0.05, 0.1) is 10.7 Å². The molecule has 3 heterocycles. The summed E-state index contributed by atoms with van der Waals surface area (Å²) in [5.74, 6) is -0.255. The van der Waals surface area contributed by atoms with Crippen LogP contribution in [0.2, 0.25) is 5.02 Å². The summed E-state index contributed by atoms with van der Waals surface area (Å²) in [6.45, 7) is 6.58. The first-order chi connectivity index (χ1) is 16.3. The van der Waals surface area contributed by atoms with Gasteiger partial charge in [-0.3, -0.25) is 9.21 Å². The highest BCUT2D eigenvalue weighted by molar-refractivity contribution is 7.90. The molecule has 0 radical (unpaired) electrons. The number of fused-ring (bicyclic) bond motifs is 2. The Morgan fingerprint density at radius 1 is 1.17 bits per heavy atom. The van der Waals surface area contributed by atoms with Gasteiger partial charge in [0, 0.05) is 61.4 Å². The van der Waals surface area contributed by atoms with Gasteiger partial charge in [0.15, 0.2) is 0 Å². The smallest absolute Gasteiger partial charge is 0.304 e. The van der Waals surface area contributed by atoms with Crippen molar-refractivity contribution in [2.45, 2.75) is 32.9 Å². The van der Waals surface area contributed by atoms with Crippen LogP contribution in [0.1, 0.15) is 31.4 Å². The lowest BCUT2D eigenvalue weighted by molar-refractivity contribution is 0.305. The van der Waals surface area contributed by atoms with Crippen molar-refractivity contribution in [2.75, 3.05) is 30.5 Å². The maximum atomic E-state index is 13.5. The van der Waals surface area contributed by atoms with Crippen LogP contribution in [-0.4, -0.2) is 54.8 Å². The predicted octanol–water partition coefficient (Wildman–Crippen LogP) is 5.45. The van der Waals surface area contributed by atoms with Gasteiger partial charge in [0.25, 0.3) is 0 Å². The van der Waals surface area contributed by atoms with Gasteiger partial charge in [-0.05, 0) is 55.7 Å². The summed E-state index contributed by atoms with van der Waals surface area (Å²) in [7, 11) is -3.67. The van der Waals surface area contributed by atoms with Gasteiger partial charge in [0.1, 0.15) is 5.82 Å². The molecule has 3 aromatic rings. The molecule has 0 bridgehead atoms. The van der Waals surface area contributed by atoms with Crippen molar-refractivity contribution >= 4 is 56.4 Å². The van der Waals surface area contributed by atoms with Crippen molar-refractivity contribution in [3.05, 3.63) is 70.6 Å². The molecule has 0 amide bonds. The first-order valence-corrected chi connectivity index (χ1v) is 13.3. The third-order valence-corrected chi connectivity index (χ3v) is 9.07. The molecule has 10 heteroatoms. The number of aromatic amines is 1. The number of halogens is 3. The van der Waals surface area contributed by atoms with Crippen LogP contribution in [0.25, 0.3) is 16.5 Å². The number of aromatic nitrogens is 1. The zero-order valence-electron chi connectivity index (χ0n) is 19.7. The van der Waals surface area contributed by atoms with Crippen LogP contribution in [0, 0.1) is 5.82 Å². The van der Waals surface area contributed by atoms with E-state index in [0.29, 0.717) is 30.3 Å². The van der Waals surface area contributed by atoms with E-state index >= 15 is 0 Å². The minimum absolute atomic E-state index is 0. The van der Waals surface area contributed by atoms with Gasteiger partial charge < -0.3 is 4.98 Å². The standard InChI is InChI=1S/C25H28ClFN4O2S.ClH/c1-17(2)31-16-19-4-3-5-23(26)25(19)30(34(31,32)33)13-12-29-10-8-18(9-11-29)22-15-28-24-14-20(27)6-7-21(22)24;/h3-8,14-15,17,28H,9-13,16H2,1-2H3;1H. The molecular weight excluding hydrogens is 510 g/mol. The van der Waals surface area contributed by atoms with Crippen molar-refractivity contribution in [3.8, 4) is 0 Å². The van der Waals surface area contributed by atoms with Gasteiger partial charge >= 0.3 is 10.2 Å². The summed E-state index contributed by atoms with van der Waals surface area (Å²) in [4.78, 5) is 5.41. The molecule has 1 aromatic heterocycles. The van der Waals surface area contributed by atoms with E-state index in [0.717, 1.165) is 41.5 Å². The van der Waals surface area contributed by atoms with Gasteiger partial charge in [-0.25, -0.2) is 4.39 Å². The van der Waals surface area contributed by atoms with Crippen LogP contribution in [0.5, 0.6) is 0 Å². The number of H-pyrrole nitrogens is 1. The molecular formula is C25H29Cl2FN4O2S. The second-order valence-electron chi connectivity index (χ2n) is 9.14. The molecule has 188 valence electrons. The normalized spacial score (nSPS) is 18.4. The van der Waals surface area contributed by atoms with Crippen molar-refractivity contribution in [1.82, 2.24) is 14.2 Å². The fourth-order valence-corrected chi connectivity index (χ4v) is 7.08. The van der Waals surface area contributed by atoms with Crippen LogP contribution in [-0.2, 0) is 16.8 Å². The van der Waals surface area contributed by atoms with E-state index in [4.69, 9.17) is 11.6 Å². The number of anilines is 1. The van der Waals surface area contributed by atoms with Crippen molar-refractivity contribution in [3.63, 3.8) is 0 Å². The molecule has 0 saturated carbocycles. The van der Waals surface area contributed by atoms with Gasteiger partial charge in [0.2, 0.25) is 0 Å². The van der Waals surface area contributed by atoms with E-state index in [1.807, 2.05) is 38.2 Å². The summed E-state index contributed by atoms with van der Waals surface area (Å²) in [6.07, 6.45) is 4.96. The molecule has 2 aliphatic heterocycles. The van der Waals surface area contributed by atoms with Crippen molar-refractivity contribution < 1.29 is 12.8 Å². The number of nitrogens with zero attached hydrogens (tertiary/aromatic N) is 3. The lowest BCUT2D eigenvalue weighted by Gasteiger charge is -2.40. The molecule has 0 atom stereocenters. The first kappa shape index (κ1) is 26.0. The maximum absolute atomic E-state index is 13.5. The number of benzene rings is 2. The summed E-state index contributed by atoms with van der Waals surface area (Å²) in [5, 5.41) is 1.47.